The lowest BCUT2D eigenvalue weighted by atomic mass is 10.1. The summed E-state index contributed by atoms with van der Waals surface area (Å²) in [6.07, 6.45) is 3.54. The summed E-state index contributed by atoms with van der Waals surface area (Å²) in [7, 11) is 0. The van der Waals surface area contributed by atoms with Crippen molar-refractivity contribution in [2.75, 3.05) is 6.61 Å². The van der Waals surface area contributed by atoms with E-state index >= 15 is 0 Å². The topological polar surface area (TPSA) is 37.9 Å². The second-order valence-corrected chi connectivity index (χ2v) is 4.58. The van der Waals surface area contributed by atoms with E-state index in [4.69, 9.17) is 16.3 Å². The minimum Gasteiger partial charge on any atom is -0.370 e. The van der Waals surface area contributed by atoms with Gasteiger partial charge in [-0.25, -0.2) is 4.98 Å². The minimum absolute atomic E-state index is 0.125. The SMILES string of the molecule is Clc1ccc2nc(C3CCCCO3)[nH]c2c1. The number of imidazole rings is 1. The number of benzene rings is 1. The molecule has 1 aliphatic heterocycles. The number of nitrogens with zero attached hydrogens (tertiary/aromatic N) is 1. The van der Waals surface area contributed by atoms with Crippen LogP contribution < -0.4 is 0 Å². The van der Waals surface area contributed by atoms with Gasteiger partial charge in [-0.3, -0.25) is 0 Å². The lowest BCUT2D eigenvalue weighted by Gasteiger charge is -2.20. The van der Waals surface area contributed by atoms with Crippen molar-refractivity contribution in [2.24, 2.45) is 0 Å². The Bertz CT molecular complexity index is 503. The number of hydrogen-bond acceptors (Lipinski definition) is 2. The molecule has 1 aromatic heterocycles. The Morgan fingerprint density at radius 3 is 3.12 bits per heavy atom. The van der Waals surface area contributed by atoms with Crippen molar-refractivity contribution in [3.63, 3.8) is 0 Å². The summed E-state index contributed by atoms with van der Waals surface area (Å²) in [5.41, 5.74) is 1.94. The van der Waals surface area contributed by atoms with Crippen molar-refractivity contribution in [3.8, 4) is 0 Å². The van der Waals surface area contributed by atoms with Crippen LogP contribution in [-0.4, -0.2) is 16.6 Å². The van der Waals surface area contributed by atoms with Gasteiger partial charge >= 0.3 is 0 Å². The van der Waals surface area contributed by atoms with Crippen LogP contribution in [0.3, 0.4) is 0 Å². The number of aromatic nitrogens is 2. The van der Waals surface area contributed by atoms with Crippen LogP contribution in [0.4, 0.5) is 0 Å². The van der Waals surface area contributed by atoms with Gasteiger partial charge in [-0.2, -0.15) is 0 Å². The van der Waals surface area contributed by atoms with Gasteiger partial charge < -0.3 is 9.72 Å². The highest BCUT2D eigenvalue weighted by Gasteiger charge is 2.19. The van der Waals surface area contributed by atoms with Crippen LogP contribution in [0.1, 0.15) is 31.2 Å². The first-order chi connectivity index (χ1) is 7.83. The van der Waals surface area contributed by atoms with Gasteiger partial charge in [0, 0.05) is 11.6 Å². The van der Waals surface area contributed by atoms with Crippen molar-refractivity contribution in [2.45, 2.75) is 25.4 Å². The normalized spacial score (nSPS) is 21.4. The standard InChI is InChI=1S/C12H13ClN2O/c13-8-4-5-9-10(7-8)15-12(14-9)11-3-1-2-6-16-11/h4-5,7,11H,1-3,6H2,(H,14,15). The molecule has 0 spiro atoms. The number of halogens is 1. The van der Waals surface area contributed by atoms with Crippen molar-refractivity contribution in [1.29, 1.82) is 0 Å². The molecule has 3 rings (SSSR count). The highest BCUT2D eigenvalue weighted by atomic mass is 35.5. The Labute approximate surface area is 98.8 Å². The molecule has 1 fully saturated rings. The lowest BCUT2D eigenvalue weighted by Crippen LogP contribution is -2.12. The molecule has 1 N–H and O–H groups in total. The molecule has 4 heteroatoms. The summed E-state index contributed by atoms with van der Waals surface area (Å²) in [6, 6.07) is 5.69. The molecule has 3 nitrogen and oxygen atoms in total. The molecule has 1 aromatic carbocycles. The molecule has 0 amide bonds. The summed E-state index contributed by atoms with van der Waals surface area (Å²) in [4.78, 5) is 7.82. The van der Waals surface area contributed by atoms with E-state index in [9.17, 15) is 0 Å². The van der Waals surface area contributed by atoms with E-state index < -0.39 is 0 Å². The second kappa shape index (κ2) is 4.07. The molecule has 84 valence electrons. The summed E-state index contributed by atoms with van der Waals surface area (Å²) >= 11 is 5.93. The van der Waals surface area contributed by atoms with E-state index in [1.54, 1.807) is 0 Å². The highest BCUT2D eigenvalue weighted by Crippen LogP contribution is 2.28. The number of hydrogen-bond donors (Lipinski definition) is 1. The number of fused-ring (bicyclic) bond motifs is 1. The summed E-state index contributed by atoms with van der Waals surface area (Å²) in [6.45, 7) is 0.836. The molecule has 0 bridgehead atoms. The maximum Gasteiger partial charge on any atom is 0.136 e. The number of nitrogens with one attached hydrogen (secondary N) is 1. The Hall–Kier alpha value is -1.06. The van der Waals surface area contributed by atoms with Crippen LogP contribution in [-0.2, 0) is 4.74 Å². The third-order valence-electron chi connectivity index (χ3n) is 2.95. The zero-order valence-electron chi connectivity index (χ0n) is 8.87. The van der Waals surface area contributed by atoms with Crippen molar-refractivity contribution >= 4 is 22.6 Å². The summed E-state index contributed by atoms with van der Waals surface area (Å²) < 4.78 is 5.70. The third-order valence-corrected chi connectivity index (χ3v) is 3.18. The van der Waals surface area contributed by atoms with Crippen LogP contribution in [0.2, 0.25) is 5.02 Å². The van der Waals surface area contributed by atoms with Gasteiger partial charge in [0.05, 0.1) is 11.0 Å². The van der Waals surface area contributed by atoms with E-state index in [2.05, 4.69) is 9.97 Å². The van der Waals surface area contributed by atoms with Crippen LogP contribution in [0, 0.1) is 0 Å². The minimum atomic E-state index is 0.125. The van der Waals surface area contributed by atoms with E-state index in [1.165, 1.54) is 6.42 Å². The number of aromatic amines is 1. The van der Waals surface area contributed by atoms with Gasteiger partial charge in [0.25, 0.3) is 0 Å². The smallest absolute Gasteiger partial charge is 0.136 e. The zero-order valence-corrected chi connectivity index (χ0v) is 9.63. The number of rotatable bonds is 1. The molecule has 0 radical (unpaired) electrons. The molecule has 1 atom stereocenters. The van der Waals surface area contributed by atoms with Gasteiger partial charge in [-0.1, -0.05) is 11.6 Å². The van der Waals surface area contributed by atoms with Gasteiger partial charge in [0.15, 0.2) is 0 Å². The van der Waals surface area contributed by atoms with Crippen molar-refractivity contribution in [3.05, 3.63) is 29.0 Å². The monoisotopic (exact) mass is 236 g/mol. The Morgan fingerprint density at radius 2 is 2.31 bits per heavy atom. The van der Waals surface area contributed by atoms with E-state index in [1.807, 2.05) is 18.2 Å². The molecule has 16 heavy (non-hydrogen) atoms. The first kappa shape index (κ1) is 10.1. The quantitative estimate of drug-likeness (QED) is 0.824. The first-order valence-electron chi connectivity index (χ1n) is 5.60. The van der Waals surface area contributed by atoms with E-state index in [0.29, 0.717) is 0 Å². The van der Waals surface area contributed by atoms with Gasteiger partial charge in [0.2, 0.25) is 0 Å². The Morgan fingerprint density at radius 1 is 1.38 bits per heavy atom. The predicted octanol–water partition coefficient (Wildman–Crippen LogP) is 3.46. The molecular formula is C12H13ClN2O. The third kappa shape index (κ3) is 1.81. The van der Waals surface area contributed by atoms with Gasteiger partial charge in [-0.15, -0.1) is 0 Å². The number of ether oxygens (including phenoxy) is 1. The molecule has 2 heterocycles. The Balaban J connectivity index is 1.97. The molecular weight excluding hydrogens is 224 g/mol. The molecule has 0 aliphatic carbocycles. The second-order valence-electron chi connectivity index (χ2n) is 4.14. The zero-order chi connectivity index (χ0) is 11.0. The van der Waals surface area contributed by atoms with Crippen LogP contribution in [0.15, 0.2) is 18.2 Å². The lowest BCUT2D eigenvalue weighted by molar-refractivity contribution is 0.0101. The fraction of sp³-hybridized carbons (Fsp3) is 0.417. The van der Waals surface area contributed by atoms with Crippen LogP contribution in [0.5, 0.6) is 0 Å². The van der Waals surface area contributed by atoms with E-state index in [-0.39, 0.29) is 6.10 Å². The molecule has 0 saturated carbocycles. The summed E-state index contributed by atoms with van der Waals surface area (Å²) in [5.74, 6) is 0.928. The molecule has 1 saturated heterocycles. The molecule has 2 aromatic rings. The fourth-order valence-electron chi connectivity index (χ4n) is 2.11. The van der Waals surface area contributed by atoms with Gasteiger partial charge in [-0.05, 0) is 37.5 Å². The van der Waals surface area contributed by atoms with Crippen molar-refractivity contribution < 1.29 is 4.74 Å². The Kier molecular flexibility index (Phi) is 2.58. The predicted molar refractivity (Wildman–Crippen MR) is 63.6 cm³/mol. The van der Waals surface area contributed by atoms with Crippen molar-refractivity contribution in [1.82, 2.24) is 9.97 Å². The maximum atomic E-state index is 5.93. The van der Waals surface area contributed by atoms with Crippen LogP contribution in [0.25, 0.3) is 11.0 Å². The largest absolute Gasteiger partial charge is 0.370 e. The number of H-pyrrole nitrogens is 1. The average molecular weight is 237 g/mol. The van der Waals surface area contributed by atoms with Gasteiger partial charge in [0.1, 0.15) is 11.9 Å². The van der Waals surface area contributed by atoms with Crippen LogP contribution >= 0.6 is 11.6 Å². The fourth-order valence-corrected chi connectivity index (χ4v) is 2.28. The molecule has 1 aliphatic rings. The van der Waals surface area contributed by atoms with E-state index in [0.717, 1.165) is 41.3 Å². The first-order valence-corrected chi connectivity index (χ1v) is 5.97. The average Bonchev–Trinajstić information content (AvgIpc) is 2.73. The highest BCUT2D eigenvalue weighted by molar-refractivity contribution is 6.31. The summed E-state index contributed by atoms with van der Waals surface area (Å²) in [5, 5.41) is 0.729. The molecule has 1 unspecified atom stereocenters. The maximum absolute atomic E-state index is 5.93.